The van der Waals surface area contributed by atoms with Gasteiger partial charge in [-0.25, -0.2) is 4.99 Å². The van der Waals surface area contributed by atoms with E-state index in [1.165, 1.54) is 20.3 Å². The second-order valence-corrected chi connectivity index (χ2v) is 6.11. The standard InChI is InChI=1S/C18H13Cl2NO4/c1-24-13-8-9(7-12(19)18(13)25-2)21-15-14(20)16(22)10-5-3-4-6-11(10)17(15)23/h3-8,14H,1-2H3. The number of ketones is 2. The summed E-state index contributed by atoms with van der Waals surface area (Å²) in [5.41, 5.74) is 0.879. The molecule has 1 aliphatic rings. The smallest absolute Gasteiger partial charge is 0.209 e. The van der Waals surface area contributed by atoms with Crippen molar-refractivity contribution in [2.45, 2.75) is 5.38 Å². The summed E-state index contributed by atoms with van der Waals surface area (Å²) in [6.07, 6.45) is 0. The lowest BCUT2D eigenvalue weighted by atomic mass is 9.88. The fourth-order valence-corrected chi connectivity index (χ4v) is 3.17. The first-order valence-corrected chi connectivity index (χ1v) is 8.11. The van der Waals surface area contributed by atoms with E-state index in [9.17, 15) is 9.59 Å². The van der Waals surface area contributed by atoms with Crippen molar-refractivity contribution in [1.82, 2.24) is 0 Å². The second-order valence-electron chi connectivity index (χ2n) is 5.26. The van der Waals surface area contributed by atoms with Crippen molar-refractivity contribution in [3.05, 3.63) is 52.5 Å². The molecule has 3 rings (SSSR count). The van der Waals surface area contributed by atoms with Gasteiger partial charge in [-0.15, -0.1) is 11.6 Å². The van der Waals surface area contributed by atoms with Crippen LogP contribution in [0, 0.1) is 0 Å². The van der Waals surface area contributed by atoms with E-state index < -0.39 is 5.38 Å². The van der Waals surface area contributed by atoms with E-state index in [0.29, 0.717) is 22.7 Å². The van der Waals surface area contributed by atoms with Crippen LogP contribution < -0.4 is 9.47 Å². The van der Waals surface area contributed by atoms with Crippen LogP contribution in [0.4, 0.5) is 5.69 Å². The fourth-order valence-electron chi connectivity index (χ4n) is 2.63. The third-order valence-corrected chi connectivity index (χ3v) is 4.49. The Kier molecular flexibility index (Phi) is 4.79. The number of fused-ring (bicyclic) bond motifs is 1. The molecule has 0 aromatic heterocycles. The minimum absolute atomic E-state index is 0.0475. The quantitative estimate of drug-likeness (QED) is 0.754. The summed E-state index contributed by atoms with van der Waals surface area (Å²) < 4.78 is 10.4. The summed E-state index contributed by atoms with van der Waals surface area (Å²) in [5, 5.41) is -0.892. The molecule has 0 heterocycles. The lowest BCUT2D eigenvalue weighted by molar-refractivity contribution is 0.0968. The van der Waals surface area contributed by atoms with Gasteiger partial charge >= 0.3 is 0 Å². The molecule has 1 atom stereocenters. The van der Waals surface area contributed by atoms with Crippen molar-refractivity contribution in [3.63, 3.8) is 0 Å². The number of alkyl halides is 1. The van der Waals surface area contributed by atoms with Gasteiger partial charge in [0.05, 0.1) is 24.9 Å². The summed E-state index contributed by atoms with van der Waals surface area (Å²) in [4.78, 5) is 29.4. The Labute approximate surface area is 154 Å². The van der Waals surface area contributed by atoms with Gasteiger partial charge in [0.1, 0.15) is 11.1 Å². The van der Waals surface area contributed by atoms with E-state index >= 15 is 0 Å². The van der Waals surface area contributed by atoms with Crippen LogP contribution in [0.5, 0.6) is 11.5 Å². The SMILES string of the molecule is COc1cc(N=C2C(=O)c3ccccc3C(=O)C2Cl)cc(Cl)c1OC. The van der Waals surface area contributed by atoms with Crippen molar-refractivity contribution in [2.75, 3.05) is 14.2 Å². The molecule has 1 unspecified atom stereocenters. The topological polar surface area (TPSA) is 65.0 Å². The third kappa shape index (κ3) is 3.01. The number of methoxy groups -OCH3 is 2. The molecule has 128 valence electrons. The molecule has 0 saturated carbocycles. The Morgan fingerprint density at radius 3 is 2.36 bits per heavy atom. The minimum atomic E-state index is -1.16. The first kappa shape index (κ1) is 17.5. The van der Waals surface area contributed by atoms with E-state index in [1.54, 1.807) is 30.3 Å². The molecule has 25 heavy (non-hydrogen) atoms. The van der Waals surface area contributed by atoms with Gasteiger partial charge in [-0.1, -0.05) is 35.9 Å². The summed E-state index contributed by atoms with van der Waals surface area (Å²) in [7, 11) is 2.92. The molecule has 5 nitrogen and oxygen atoms in total. The number of ether oxygens (including phenoxy) is 2. The second kappa shape index (κ2) is 6.86. The zero-order valence-corrected chi connectivity index (χ0v) is 14.9. The highest BCUT2D eigenvalue weighted by atomic mass is 35.5. The molecule has 0 aliphatic heterocycles. The summed E-state index contributed by atoms with van der Waals surface area (Å²) >= 11 is 12.3. The van der Waals surface area contributed by atoms with Crippen molar-refractivity contribution in [3.8, 4) is 11.5 Å². The van der Waals surface area contributed by atoms with Gasteiger partial charge in [0.2, 0.25) is 5.78 Å². The van der Waals surface area contributed by atoms with Gasteiger partial charge in [-0.2, -0.15) is 0 Å². The van der Waals surface area contributed by atoms with Crippen LogP contribution in [0.2, 0.25) is 5.02 Å². The highest BCUT2D eigenvalue weighted by Gasteiger charge is 2.37. The Bertz CT molecular complexity index is 908. The van der Waals surface area contributed by atoms with E-state index in [1.807, 2.05) is 0 Å². The maximum Gasteiger partial charge on any atom is 0.209 e. The highest BCUT2D eigenvalue weighted by Crippen LogP contribution is 2.39. The van der Waals surface area contributed by atoms with Gasteiger partial charge in [0, 0.05) is 17.2 Å². The first-order valence-electron chi connectivity index (χ1n) is 7.30. The molecule has 1 aliphatic carbocycles. The molecular weight excluding hydrogens is 365 g/mol. The monoisotopic (exact) mass is 377 g/mol. The van der Waals surface area contributed by atoms with Crippen molar-refractivity contribution in [1.29, 1.82) is 0 Å². The third-order valence-electron chi connectivity index (χ3n) is 3.81. The molecule has 0 radical (unpaired) electrons. The Morgan fingerprint density at radius 2 is 1.72 bits per heavy atom. The van der Waals surface area contributed by atoms with E-state index in [2.05, 4.69) is 4.99 Å². The lowest BCUT2D eigenvalue weighted by Crippen LogP contribution is -2.37. The number of carbonyl (C=O) groups is 2. The number of hydrogen-bond donors (Lipinski definition) is 0. The number of aliphatic imine (C=N–C) groups is 1. The normalized spacial score (nSPS) is 18.2. The molecule has 7 heteroatoms. The Morgan fingerprint density at radius 1 is 1.04 bits per heavy atom. The number of benzene rings is 2. The molecule has 0 amide bonds. The molecule has 0 fully saturated rings. The van der Waals surface area contributed by atoms with Crippen LogP contribution in [-0.4, -0.2) is 36.9 Å². The van der Waals surface area contributed by atoms with Gasteiger partial charge in [0.25, 0.3) is 0 Å². The average molecular weight is 378 g/mol. The van der Waals surface area contributed by atoms with E-state index in [4.69, 9.17) is 32.7 Å². The molecule has 0 bridgehead atoms. The summed E-state index contributed by atoms with van der Waals surface area (Å²) in [5.74, 6) is -0.0364. The Hall–Kier alpha value is -2.37. The van der Waals surface area contributed by atoms with Gasteiger partial charge in [-0.3, -0.25) is 9.59 Å². The summed E-state index contributed by atoms with van der Waals surface area (Å²) in [6.45, 7) is 0. The van der Waals surface area contributed by atoms with Crippen LogP contribution in [0.25, 0.3) is 0 Å². The van der Waals surface area contributed by atoms with Gasteiger partial charge in [-0.05, 0) is 6.07 Å². The first-order chi connectivity index (χ1) is 12.0. The van der Waals surface area contributed by atoms with Gasteiger partial charge < -0.3 is 9.47 Å². The molecular formula is C18H13Cl2NO4. The van der Waals surface area contributed by atoms with E-state index in [-0.39, 0.29) is 27.9 Å². The lowest BCUT2D eigenvalue weighted by Gasteiger charge is -2.20. The van der Waals surface area contributed by atoms with Crippen molar-refractivity contribution in [2.24, 2.45) is 4.99 Å². The molecule has 0 saturated heterocycles. The maximum atomic E-state index is 12.7. The molecule has 2 aromatic rings. The van der Waals surface area contributed by atoms with E-state index in [0.717, 1.165) is 0 Å². The van der Waals surface area contributed by atoms with Crippen LogP contribution >= 0.6 is 23.2 Å². The van der Waals surface area contributed by atoms with Crippen LogP contribution in [0.3, 0.4) is 0 Å². The Balaban J connectivity index is 2.12. The number of halogens is 2. The van der Waals surface area contributed by atoms with Crippen molar-refractivity contribution < 1.29 is 19.1 Å². The van der Waals surface area contributed by atoms with Crippen LogP contribution in [0.15, 0.2) is 41.4 Å². The number of rotatable bonds is 3. The molecule has 0 spiro atoms. The molecule has 2 aromatic carbocycles. The zero-order chi connectivity index (χ0) is 18.1. The summed E-state index contributed by atoms with van der Waals surface area (Å²) in [6, 6.07) is 9.59. The number of Topliss-reactive ketones (excluding diaryl/α,β-unsaturated/α-hetero) is 2. The number of carbonyl (C=O) groups excluding carboxylic acids is 2. The predicted molar refractivity (Wildman–Crippen MR) is 96.4 cm³/mol. The van der Waals surface area contributed by atoms with Crippen LogP contribution in [0.1, 0.15) is 20.7 Å². The minimum Gasteiger partial charge on any atom is -0.493 e. The molecule has 0 N–H and O–H groups in total. The highest BCUT2D eigenvalue weighted by molar-refractivity contribution is 6.65. The van der Waals surface area contributed by atoms with Crippen molar-refractivity contribution >= 4 is 46.2 Å². The fraction of sp³-hybridized carbons (Fsp3) is 0.167. The maximum absolute atomic E-state index is 12.7. The largest absolute Gasteiger partial charge is 0.493 e. The number of nitrogens with zero attached hydrogens (tertiary/aromatic N) is 1. The van der Waals surface area contributed by atoms with Gasteiger partial charge in [0.15, 0.2) is 17.3 Å². The average Bonchev–Trinajstić information content (AvgIpc) is 2.62. The predicted octanol–water partition coefficient (Wildman–Crippen LogP) is 4.12. The van der Waals surface area contributed by atoms with Crippen LogP contribution in [-0.2, 0) is 0 Å². The zero-order valence-electron chi connectivity index (χ0n) is 13.4. The number of hydrogen-bond acceptors (Lipinski definition) is 5.